The van der Waals surface area contributed by atoms with E-state index in [4.69, 9.17) is 24.7 Å². The maximum Gasteiger partial charge on any atom is 0.333 e. The molecule has 0 aliphatic heterocycles. The summed E-state index contributed by atoms with van der Waals surface area (Å²) in [5, 5.41) is 0. The molecule has 0 heterocycles. The fourth-order valence-electron chi connectivity index (χ4n) is 3.31. The molecule has 0 amide bonds. The lowest BCUT2D eigenvalue weighted by Gasteiger charge is -2.26. The molecule has 2 aromatic carbocycles. The van der Waals surface area contributed by atoms with E-state index in [9.17, 15) is 4.79 Å². The summed E-state index contributed by atoms with van der Waals surface area (Å²) in [6.45, 7) is 22.5. The first kappa shape index (κ1) is 29.7. The van der Waals surface area contributed by atoms with Crippen LogP contribution in [0.2, 0.25) is 0 Å². The van der Waals surface area contributed by atoms with Crippen molar-refractivity contribution in [3.8, 4) is 11.5 Å². The van der Waals surface area contributed by atoms with Crippen molar-refractivity contribution in [2.24, 2.45) is 11.7 Å². The molecule has 0 aliphatic carbocycles. The maximum atomic E-state index is 11.5. The molecule has 6 heteroatoms. The third-order valence-corrected chi connectivity index (χ3v) is 5.95. The molecule has 0 saturated carbocycles. The van der Waals surface area contributed by atoms with E-state index in [2.05, 4.69) is 52.6 Å². The number of nitrogens with two attached hydrogens (primary N) is 1. The molecule has 2 aromatic rings. The van der Waals surface area contributed by atoms with Crippen LogP contribution in [0.4, 0.5) is 0 Å². The number of carbonyl (C=O) groups is 1. The van der Waals surface area contributed by atoms with Crippen molar-refractivity contribution >= 4 is 5.97 Å². The molecule has 6 nitrogen and oxygen atoms in total. The molecule has 0 saturated heterocycles. The van der Waals surface area contributed by atoms with E-state index in [-0.39, 0.29) is 24.5 Å². The molecule has 2 atom stereocenters. The average Bonchev–Trinajstić information content (AvgIpc) is 2.88. The minimum atomic E-state index is -0.452. The summed E-state index contributed by atoms with van der Waals surface area (Å²) in [4.78, 5) is 11.5. The number of hydrogen-bond acceptors (Lipinski definition) is 6. The Labute approximate surface area is 221 Å². The lowest BCUT2D eigenvalue weighted by Crippen LogP contribution is -2.33. The van der Waals surface area contributed by atoms with Gasteiger partial charge >= 0.3 is 5.97 Å². The number of esters is 1. The van der Waals surface area contributed by atoms with Gasteiger partial charge in [0.15, 0.2) is 0 Å². The number of rotatable bonds is 15. The highest BCUT2D eigenvalue weighted by Gasteiger charge is 2.23. The number of ether oxygens (including phenoxy) is 4. The van der Waals surface area contributed by atoms with Crippen molar-refractivity contribution in [2.75, 3.05) is 26.4 Å². The van der Waals surface area contributed by atoms with Crippen LogP contribution in [0.25, 0.3) is 0 Å². The minimum absolute atomic E-state index is 0.0774. The molecule has 2 rings (SSSR count). The summed E-state index contributed by atoms with van der Waals surface area (Å²) in [6.07, 6.45) is 0. The molecule has 2 N–H and O–H groups in total. The Kier molecular flexibility index (Phi) is 11.0. The number of carbonyl (C=O) groups excluding carboxylic acids is 1. The first-order valence-electron chi connectivity index (χ1n) is 12.4. The molecule has 37 heavy (non-hydrogen) atoms. The summed E-state index contributed by atoms with van der Waals surface area (Å²) in [5.74, 6) is 1.90. The highest BCUT2D eigenvalue weighted by molar-refractivity contribution is 5.86. The normalized spacial score (nSPS) is 12.7. The van der Waals surface area contributed by atoms with E-state index in [0.717, 1.165) is 16.9 Å². The van der Waals surface area contributed by atoms with Gasteiger partial charge in [-0.1, -0.05) is 64.8 Å². The molecule has 0 bridgehead atoms. The van der Waals surface area contributed by atoms with Crippen molar-refractivity contribution in [1.82, 2.24) is 0 Å². The lowest BCUT2D eigenvalue weighted by atomic mass is 9.78. The first-order chi connectivity index (χ1) is 17.4. The number of benzene rings is 2. The van der Waals surface area contributed by atoms with Crippen LogP contribution < -0.4 is 15.2 Å². The summed E-state index contributed by atoms with van der Waals surface area (Å²) >= 11 is 0. The van der Waals surface area contributed by atoms with Gasteiger partial charge in [-0.05, 0) is 54.8 Å². The van der Waals surface area contributed by atoms with Crippen LogP contribution in [0.15, 0.2) is 85.2 Å². The second-order valence-corrected chi connectivity index (χ2v) is 10.1. The highest BCUT2D eigenvalue weighted by Crippen LogP contribution is 2.33. The molecule has 2 unspecified atom stereocenters. The fraction of sp³-hybridized carbons (Fsp3) is 0.387. The van der Waals surface area contributed by atoms with Crippen molar-refractivity contribution in [3.63, 3.8) is 0 Å². The van der Waals surface area contributed by atoms with E-state index in [1.165, 1.54) is 5.56 Å². The number of hydrogen-bond donors (Lipinski definition) is 1. The van der Waals surface area contributed by atoms with E-state index in [1.54, 1.807) is 6.92 Å². The van der Waals surface area contributed by atoms with Gasteiger partial charge in [0.1, 0.15) is 30.5 Å². The Bertz CT molecular complexity index is 984. The second-order valence-electron chi connectivity index (χ2n) is 10.1. The summed E-state index contributed by atoms with van der Waals surface area (Å²) in [5.41, 5.74) is 9.26. The van der Waals surface area contributed by atoms with Crippen LogP contribution in [-0.4, -0.2) is 38.4 Å². The Morgan fingerprint density at radius 1 is 0.784 bits per heavy atom. The molecular formula is C31H41NO5. The van der Waals surface area contributed by atoms with Gasteiger partial charge in [0.25, 0.3) is 0 Å². The van der Waals surface area contributed by atoms with E-state index < -0.39 is 12.0 Å². The van der Waals surface area contributed by atoms with Crippen LogP contribution in [0.1, 0.15) is 45.7 Å². The molecule has 0 fully saturated rings. The Balaban J connectivity index is 1.88. The topological polar surface area (TPSA) is 80.0 Å². The zero-order valence-corrected chi connectivity index (χ0v) is 22.8. The zero-order chi connectivity index (χ0) is 27.6. The largest absolute Gasteiger partial charge is 0.494 e. The second kappa shape index (κ2) is 13.7. The van der Waals surface area contributed by atoms with Gasteiger partial charge in [-0.15, -0.1) is 0 Å². The molecule has 200 valence electrons. The van der Waals surface area contributed by atoms with Gasteiger partial charge in [0.2, 0.25) is 0 Å². The van der Waals surface area contributed by atoms with Crippen LogP contribution in [0, 0.1) is 5.92 Å². The van der Waals surface area contributed by atoms with Crippen LogP contribution in [0.5, 0.6) is 11.5 Å². The lowest BCUT2D eigenvalue weighted by molar-refractivity contribution is -0.139. The molecular weight excluding hydrogens is 466 g/mol. The van der Waals surface area contributed by atoms with Crippen molar-refractivity contribution in [2.45, 2.75) is 46.1 Å². The van der Waals surface area contributed by atoms with E-state index in [0.29, 0.717) is 30.3 Å². The van der Waals surface area contributed by atoms with Gasteiger partial charge in [-0.2, -0.15) is 0 Å². The van der Waals surface area contributed by atoms with Gasteiger partial charge < -0.3 is 24.7 Å². The smallest absolute Gasteiger partial charge is 0.333 e. The third kappa shape index (κ3) is 9.47. The van der Waals surface area contributed by atoms with Crippen molar-refractivity contribution in [1.29, 1.82) is 0 Å². The highest BCUT2D eigenvalue weighted by atomic mass is 16.5. The SMILES string of the molecule is C=C(C)C(=C)OCC(C)COc1ccc(C(C)(C)c2ccc(OCC(N)COC(=O)C(=C)C)cc2)cc1. The maximum absolute atomic E-state index is 11.5. The Morgan fingerprint density at radius 3 is 1.73 bits per heavy atom. The van der Waals surface area contributed by atoms with Gasteiger partial charge in [0.05, 0.1) is 19.3 Å². The standard InChI is InChI=1S/C31H41NO5/c1-21(2)24(6)34-17-23(5)18-35-28-13-9-25(10-14-28)31(7,8)26-11-15-29(16-12-26)36-19-27(32)20-37-30(33)22(3)4/h9-16,23,27H,1,3,6,17-20,32H2,2,4-5,7-8H3. The molecule has 0 aliphatic rings. The van der Waals surface area contributed by atoms with Crippen LogP contribution >= 0.6 is 0 Å². The van der Waals surface area contributed by atoms with Crippen LogP contribution in [0.3, 0.4) is 0 Å². The number of allylic oxidation sites excluding steroid dienone is 1. The average molecular weight is 508 g/mol. The van der Waals surface area contributed by atoms with Gasteiger partial charge in [0, 0.05) is 16.9 Å². The monoisotopic (exact) mass is 507 g/mol. The van der Waals surface area contributed by atoms with Gasteiger partial charge in [-0.25, -0.2) is 4.79 Å². The summed E-state index contributed by atoms with van der Waals surface area (Å²) in [7, 11) is 0. The third-order valence-electron chi connectivity index (χ3n) is 5.95. The minimum Gasteiger partial charge on any atom is -0.494 e. The van der Waals surface area contributed by atoms with Gasteiger partial charge in [-0.3, -0.25) is 0 Å². The molecule has 0 aromatic heterocycles. The fourth-order valence-corrected chi connectivity index (χ4v) is 3.31. The first-order valence-corrected chi connectivity index (χ1v) is 12.4. The predicted octanol–water partition coefficient (Wildman–Crippen LogP) is 5.96. The molecule has 0 spiro atoms. The Morgan fingerprint density at radius 2 is 1.27 bits per heavy atom. The summed E-state index contributed by atoms with van der Waals surface area (Å²) in [6, 6.07) is 15.7. The van der Waals surface area contributed by atoms with Crippen molar-refractivity contribution < 1.29 is 23.7 Å². The van der Waals surface area contributed by atoms with E-state index in [1.807, 2.05) is 43.3 Å². The quantitative estimate of drug-likeness (QED) is 0.139. The predicted molar refractivity (Wildman–Crippen MR) is 149 cm³/mol. The van der Waals surface area contributed by atoms with Crippen molar-refractivity contribution in [3.05, 3.63) is 96.3 Å². The zero-order valence-electron chi connectivity index (χ0n) is 22.8. The summed E-state index contributed by atoms with van der Waals surface area (Å²) < 4.78 is 22.4. The Hall–Kier alpha value is -3.51. The van der Waals surface area contributed by atoms with E-state index >= 15 is 0 Å². The molecule has 0 radical (unpaired) electrons. The van der Waals surface area contributed by atoms with Crippen LogP contribution in [-0.2, 0) is 19.7 Å².